The van der Waals surface area contributed by atoms with Crippen LogP contribution >= 0.6 is 0 Å². The van der Waals surface area contributed by atoms with E-state index in [9.17, 15) is 0 Å². The van der Waals surface area contributed by atoms with Crippen LogP contribution in [0.4, 0.5) is 17.1 Å². The van der Waals surface area contributed by atoms with Gasteiger partial charge in [0.2, 0.25) is 0 Å². The molecule has 0 radical (unpaired) electrons. The number of hydrogen-bond acceptors (Lipinski definition) is 2. The lowest BCUT2D eigenvalue weighted by molar-refractivity contribution is 0.598. The molecule has 0 bridgehead atoms. The third-order valence-corrected chi connectivity index (χ3v) is 16.1. The molecular weight excluding hydrogens is 935 g/mol. The zero-order chi connectivity index (χ0) is 51.2. The predicted octanol–water partition coefficient (Wildman–Crippen LogP) is 19.9. The SMILES string of the molecule is CC1(C)c2ccccc2-c2ccc(N(c3ccc(-c4ccc(-c5cccc6c5ccc5c(-c7ccccc7)c(-c7ccccc7)n(-c7ccccc7)c56)o4)cc3)c3ccc4c(c3)c3ccccc3n4-c3ccccc3)cc21. The van der Waals surface area contributed by atoms with Crippen LogP contribution in [0.5, 0.6) is 0 Å². The molecule has 3 heterocycles. The van der Waals surface area contributed by atoms with Gasteiger partial charge in [0.05, 0.1) is 22.2 Å². The monoisotopic (exact) mass is 985 g/mol. The van der Waals surface area contributed by atoms with E-state index in [-0.39, 0.29) is 5.41 Å². The first-order valence-electron chi connectivity index (χ1n) is 26.6. The largest absolute Gasteiger partial charge is 0.456 e. The van der Waals surface area contributed by atoms with Crippen LogP contribution < -0.4 is 4.90 Å². The molecular formula is C73H51N3O. The van der Waals surface area contributed by atoms with E-state index in [1.54, 1.807) is 0 Å². The summed E-state index contributed by atoms with van der Waals surface area (Å²) < 4.78 is 11.8. The molecule has 364 valence electrons. The van der Waals surface area contributed by atoms with Crippen molar-refractivity contribution in [3.63, 3.8) is 0 Å². The Hall–Kier alpha value is -9.90. The Morgan fingerprint density at radius 3 is 1.66 bits per heavy atom. The highest BCUT2D eigenvalue weighted by Gasteiger charge is 2.36. The third-order valence-electron chi connectivity index (χ3n) is 16.1. The van der Waals surface area contributed by atoms with E-state index in [2.05, 4.69) is 301 Å². The van der Waals surface area contributed by atoms with Crippen LogP contribution in [-0.4, -0.2) is 9.13 Å². The van der Waals surface area contributed by atoms with E-state index >= 15 is 0 Å². The fourth-order valence-corrected chi connectivity index (χ4v) is 12.6. The molecule has 3 aromatic heterocycles. The first-order chi connectivity index (χ1) is 38.0. The average molecular weight is 986 g/mol. The molecule has 14 aromatic rings. The second kappa shape index (κ2) is 17.6. The number of furan rings is 1. The summed E-state index contributed by atoms with van der Waals surface area (Å²) in [4.78, 5) is 2.42. The van der Waals surface area contributed by atoms with Gasteiger partial charge in [0, 0.05) is 72.1 Å². The molecule has 11 aromatic carbocycles. The second-order valence-corrected chi connectivity index (χ2v) is 20.8. The number of rotatable bonds is 9. The van der Waals surface area contributed by atoms with Gasteiger partial charge in [-0.25, -0.2) is 0 Å². The Kier molecular flexibility index (Phi) is 10.2. The molecule has 0 saturated carbocycles. The highest BCUT2D eigenvalue weighted by molar-refractivity contribution is 6.18. The van der Waals surface area contributed by atoms with Crippen LogP contribution in [0, 0.1) is 0 Å². The molecule has 4 nitrogen and oxygen atoms in total. The van der Waals surface area contributed by atoms with Crippen LogP contribution in [-0.2, 0) is 5.41 Å². The van der Waals surface area contributed by atoms with Gasteiger partial charge in [-0.3, -0.25) is 0 Å². The van der Waals surface area contributed by atoms with E-state index in [0.29, 0.717) is 0 Å². The minimum atomic E-state index is -0.153. The minimum absolute atomic E-state index is 0.153. The van der Waals surface area contributed by atoms with Gasteiger partial charge >= 0.3 is 0 Å². The van der Waals surface area contributed by atoms with Crippen molar-refractivity contribution in [3.8, 4) is 67.5 Å². The second-order valence-electron chi connectivity index (χ2n) is 20.8. The first-order valence-corrected chi connectivity index (χ1v) is 26.6. The van der Waals surface area contributed by atoms with Gasteiger partial charge in [-0.2, -0.15) is 0 Å². The number of anilines is 3. The normalized spacial score (nSPS) is 12.6. The highest BCUT2D eigenvalue weighted by atomic mass is 16.3. The zero-order valence-corrected chi connectivity index (χ0v) is 42.7. The van der Waals surface area contributed by atoms with Crippen LogP contribution in [0.25, 0.3) is 111 Å². The van der Waals surface area contributed by atoms with Gasteiger partial charge in [0.25, 0.3) is 0 Å². The van der Waals surface area contributed by atoms with Crippen molar-refractivity contribution >= 4 is 60.5 Å². The van der Waals surface area contributed by atoms with Crippen LogP contribution in [0.3, 0.4) is 0 Å². The maximum Gasteiger partial charge on any atom is 0.135 e. The lowest BCUT2D eigenvalue weighted by atomic mass is 9.82. The molecule has 0 atom stereocenters. The standard InChI is InChI=1S/C73H51N3O/c1-73(2)64-32-17-15-28-57(64)58-40-38-55(47-65(58)73)74(54-39-43-67-63(46-54)59-29-16-18-33-66(59)75(67)51-24-11-5-12-25-51)53-36-34-48(35-37-53)68-44-45-69(77-68)60-30-19-31-61-56(60)41-42-62-70(49-20-7-3-8-21-49)71(50-22-9-4-10-23-50)76(72(61)62)52-26-13-6-14-27-52/h3-47H,1-2H3. The molecule has 4 heteroatoms. The van der Waals surface area contributed by atoms with Crippen molar-refractivity contribution in [2.75, 3.05) is 4.90 Å². The zero-order valence-electron chi connectivity index (χ0n) is 42.7. The van der Waals surface area contributed by atoms with Crippen LogP contribution in [0.15, 0.2) is 277 Å². The van der Waals surface area contributed by atoms with Gasteiger partial charge < -0.3 is 18.5 Å². The predicted molar refractivity (Wildman–Crippen MR) is 321 cm³/mol. The Morgan fingerprint density at radius 2 is 0.896 bits per heavy atom. The molecule has 0 amide bonds. The molecule has 0 N–H and O–H groups in total. The lowest BCUT2D eigenvalue weighted by Crippen LogP contribution is -2.16. The Bertz CT molecular complexity index is 4560. The summed E-state index contributed by atoms with van der Waals surface area (Å²) in [6.45, 7) is 4.71. The summed E-state index contributed by atoms with van der Waals surface area (Å²) in [5.41, 5.74) is 21.0. The summed E-state index contributed by atoms with van der Waals surface area (Å²) in [5.74, 6) is 1.64. The van der Waals surface area contributed by atoms with E-state index in [1.807, 2.05) is 0 Å². The van der Waals surface area contributed by atoms with Crippen molar-refractivity contribution in [1.29, 1.82) is 0 Å². The number of fused-ring (bicyclic) bond motifs is 9. The number of para-hydroxylation sites is 3. The van der Waals surface area contributed by atoms with E-state index in [4.69, 9.17) is 4.42 Å². The van der Waals surface area contributed by atoms with Gasteiger partial charge in [0.15, 0.2) is 0 Å². The summed E-state index contributed by atoms with van der Waals surface area (Å²) >= 11 is 0. The molecule has 1 aliphatic carbocycles. The number of nitrogens with zero attached hydrogens (tertiary/aromatic N) is 3. The van der Waals surface area contributed by atoms with Crippen molar-refractivity contribution in [3.05, 3.63) is 284 Å². The van der Waals surface area contributed by atoms with E-state index in [0.717, 1.165) is 72.9 Å². The van der Waals surface area contributed by atoms with Gasteiger partial charge in [-0.1, -0.05) is 190 Å². The topological polar surface area (TPSA) is 26.2 Å². The molecule has 15 rings (SSSR count). The fourth-order valence-electron chi connectivity index (χ4n) is 12.6. The van der Waals surface area contributed by atoms with Crippen molar-refractivity contribution < 1.29 is 4.42 Å². The minimum Gasteiger partial charge on any atom is -0.456 e. The molecule has 0 fully saturated rings. The number of hydrogen-bond donors (Lipinski definition) is 0. The molecule has 0 unspecified atom stereocenters. The summed E-state index contributed by atoms with van der Waals surface area (Å²) in [5, 5.41) is 5.91. The van der Waals surface area contributed by atoms with Crippen LogP contribution in [0.2, 0.25) is 0 Å². The van der Waals surface area contributed by atoms with Crippen LogP contribution in [0.1, 0.15) is 25.0 Å². The van der Waals surface area contributed by atoms with Crippen molar-refractivity contribution in [2.45, 2.75) is 19.3 Å². The summed E-state index contributed by atoms with van der Waals surface area (Å²) in [6.07, 6.45) is 0. The van der Waals surface area contributed by atoms with E-state index < -0.39 is 0 Å². The summed E-state index contributed by atoms with van der Waals surface area (Å²) in [6, 6.07) is 99.0. The van der Waals surface area contributed by atoms with Crippen molar-refractivity contribution in [2.24, 2.45) is 0 Å². The number of benzene rings is 11. The quantitative estimate of drug-likeness (QED) is 0.144. The Balaban J connectivity index is 0.850. The van der Waals surface area contributed by atoms with Gasteiger partial charge in [-0.05, 0) is 136 Å². The number of aromatic nitrogens is 2. The van der Waals surface area contributed by atoms with Gasteiger partial charge in [-0.15, -0.1) is 0 Å². The highest BCUT2D eigenvalue weighted by Crippen LogP contribution is 2.52. The first kappa shape index (κ1) is 44.6. The third kappa shape index (κ3) is 7.06. The molecule has 0 saturated heterocycles. The fraction of sp³-hybridized carbons (Fsp3) is 0.0411. The Labute approximate surface area is 447 Å². The molecule has 0 spiro atoms. The summed E-state index contributed by atoms with van der Waals surface area (Å²) in [7, 11) is 0. The smallest absolute Gasteiger partial charge is 0.135 e. The Morgan fingerprint density at radius 1 is 0.338 bits per heavy atom. The maximum atomic E-state index is 6.94. The molecule has 1 aliphatic rings. The average Bonchev–Trinajstić information content (AvgIpc) is 4.35. The van der Waals surface area contributed by atoms with Gasteiger partial charge in [0.1, 0.15) is 11.5 Å². The van der Waals surface area contributed by atoms with Crippen molar-refractivity contribution in [1.82, 2.24) is 9.13 Å². The molecule has 77 heavy (non-hydrogen) atoms. The molecule has 0 aliphatic heterocycles. The maximum absolute atomic E-state index is 6.94. The van der Waals surface area contributed by atoms with E-state index in [1.165, 1.54) is 66.3 Å². The lowest BCUT2D eigenvalue weighted by Gasteiger charge is -2.28.